The van der Waals surface area contributed by atoms with Gasteiger partial charge in [-0.3, -0.25) is 0 Å². The van der Waals surface area contributed by atoms with E-state index in [4.69, 9.17) is 0 Å². The molecule has 0 saturated heterocycles. The van der Waals surface area contributed by atoms with Gasteiger partial charge in [-0.2, -0.15) is 0 Å². The Morgan fingerprint density at radius 3 is 2.53 bits per heavy atom. The van der Waals surface area contributed by atoms with Crippen LogP contribution < -0.4 is 10.0 Å². The Morgan fingerprint density at radius 1 is 1.32 bits per heavy atom. The second-order valence-corrected chi connectivity index (χ2v) is 7.28. The van der Waals surface area contributed by atoms with Gasteiger partial charge in [0, 0.05) is 11.6 Å². The first kappa shape index (κ1) is 14.5. The van der Waals surface area contributed by atoms with Crippen LogP contribution in [0.15, 0.2) is 29.2 Å². The summed E-state index contributed by atoms with van der Waals surface area (Å²) < 4.78 is 27.6. The fraction of sp³-hybridized carbons (Fsp3) is 0.571. The van der Waals surface area contributed by atoms with Crippen LogP contribution in [0.5, 0.6) is 0 Å². The van der Waals surface area contributed by atoms with Gasteiger partial charge >= 0.3 is 0 Å². The molecule has 2 rings (SSSR count). The minimum atomic E-state index is -3.42. The quantitative estimate of drug-likeness (QED) is 0.870. The van der Waals surface area contributed by atoms with Crippen LogP contribution in [0.3, 0.4) is 0 Å². The van der Waals surface area contributed by atoms with Gasteiger partial charge in [-0.15, -0.1) is 0 Å². The molecular weight excluding hydrogens is 260 g/mol. The van der Waals surface area contributed by atoms with E-state index in [2.05, 4.69) is 10.0 Å². The summed E-state index contributed by atoms with van der Waals surface area (Å²) >= 11 is 0. The molecule has 1 aliphatic carbocycles. The van der Waals surface area contributed by atoms with Crippen molar-refractivity contribution in [1.29, 1.82) is 0 Å². The Labute approximate surface area is 115 Å². The molecule has 1 aliphatic rings. The first-order valence-corrected chi connectivity index (χ1v) is 8.16. The fourth-order valence-electron chi connectivity index (χ4n) is 2.31. The molecule has 1 aromatic rings. The molecule has 1 aromatic carbocycles. The standard InChI is InChI=1S/C14H22N2O2S/c1-11(15-3)12-6-4-7-13(10-12)19(17,18)16-14(2)8-5-9-14/h4,6-7,10-11,15-16H,5,8-9H2,1-3H3. The van der Waals surface area contributed by atoms with Crippen molar-refractivity contribution >= 4 is 10.0 Å². The van der Waals surface area contributed by atoms with Crippen molar-refractivity contribution in [1.82, 2.24) is 10.0 Å². The van der Waals surface area contributed by atoms with Crippen LogP contribution in [0.1, 0.15) is 44.7 Å². The lowest BCUT2D eigenvalue weighted by Gasteiger charge is -2.38. The third-order valence-corrected chi connectivity index (χ3v) is 5.58. The molecule has 4 nitrogen and oxygen atoms in total. The highest BCUT2D eigenvalue weighted by molar-refractivity contribution is 7.89. The predicted molar refractivity (Wildman–Crippen MR) is 76.5 cm³/mol. The summed E-state index contributed by atoms with van der Waals surface area (Å²) in [4.78, 5) is 0.347. The Kier molecular flexibility index (Phi) is 3.99. The van der Waals surface area contributed by atoms with Crippen LogP contribution in [0.25, 0.3) is 0 Å². The minimum absolute atomic E-state index is 0.134. The van der Waals surface area contributed by atoms with Gasteiger partial charge < -0.3 is 5.32 Å². The first-order valence-electron chi connectivity index (χ1n) is 6.67. The van der Waals surface area contributed by atoms with Crippen LogP contribution in [0.4, 0.5) is 0 Å². The number of benzene rings is 1. The second kappa shape index (κ2) is 5.23. The molecule has 0 aliphatic heterocycles. The maximum atomic E-state index is 12.4. The van der Waals surface area contributed by atoms with E-state index in [1.54, 1.807) is 18.2 Å². The number of rotatable bonds is 5. The van der Waals surface area contributed by atoms with Gasteiger partial charge in [0.15, 0.2) is 0 Å². The van der Waals surface area contributed by atoms with E-state index < -0.39 is 10.0 Å². The highest BCUT2D eigenvalue weighted by atomic mass is 32.2. The number of hydrogen-bond acceptors (Lipinski definition) is 3. The van der Waals surface area contributed by atoms with Gasteiger partial charge in [0.1, 0.15) is 0 Å². The summed E-state index contributed by atoms with van der Waals surface area (Å²) in [5.74, 6) is 0. The molecule has 5 heteroatoms. The SMILES string of the molecule is CNC(C)c1cccc(S(=O)(=O)NC2(C)CCC2)c1. The average molecular weight is 282 g/mol. The van der Waals surface area contributed by atoms with Crippen molar-refractivity contribution in [2.45, 2.75) is 49.6 Å². The van der Waals surface area contributed by atoms with E-state index in [1.165, 1.54) is 0 Å². The average Bonchev–Trinajstić information content (AvgIpc) is 2.35. The molecule has 2 N–H and O–H groups in total. The van der Waals surface area contributed by atoms with E-state index >= 15 is 0 Å². The van der Waals surface area contributed by atoms with Crippen LogP contribution >= 0.6 is 0 Å². The molecule has 1 atom stereocenters. The van der Waals surface area contributed by atoms with E-state index in [-0.39, 0.29) is 11.6 Å². The summed E-state index contributed by atoms with van der Waals surface area (Å²) in [6.45, 7) is 3.97. The van der Waals surface area contributed by atoms with E-state index in [1.807, 2.05) is 27.0 Å². The van der Waals surface area contributed by atoms with Crippen LogP contribution in [-0.4, -0.2) is 21.0 Å². The molecule has 0 heterocycles. The Hall–Kier alpha value is -0.910. The van der Waals surface area contributed by atoms with Gasteiger partial charge in [-0.05, 0) is 57.9 Å². The number of nitrogens with one attached hydrogen (secondary N) is 2. The topological polar surface area (TPSA) is 58.2 Å². The molecule has 19 heavy (non-hydrogen) atoms. The zero-order chi connectivity index (χ0) is 14.1. The molecular formula is C14H22N2O2S. The molecule has 1 fully saturated rings. The van der Waals surface area contributed by atoms with Gasteiger partial charge in [0.05, 0.1) is 4.90 Å². The summed E-state index contributed by atoms with van der Waals surface area (Å²) in [5, 5.41) is 3.12. The predicted octanol–water partition coefficient (Wildman–Crippen LogP) is 2.19. The van der Waals surface area contributed by atoms with Crippen LogP contribution in [0, 0.1) is 0 Å². The zero-order valence-electron chi connectivity index (χ0n) is 11.7. The molecule has 0 radical (unpaired) electrons. The van der Waals surface area contributed by atoms with Crippen molar-refractivity contribution < 1.29 is 8.42 Å². The molecule has 0 spiro atoms. The number of hydrogen-bond donors (Lipinski definition) is 2. The highest BCUT2D eigenvalue weighted by Gasteiger charge is 2.36. The third kappa shape index (κ3) is 3.16. The Morgan fingerprint density at radius 2 is 2.00 bits per heavy atom. The smallest absolute Gasteiger partial charge is 0.241 e. The van der Waals surface area contributed by atoms with E-state index in [9.17, 15) is 8.42 Å². The van der Waals surface area contributed by atoms with Crippen molar-refractivity contribution in [2.75, 3.05) is 7.05 Å². The summed E-state index contributed by atoms with van der Waals surface area (Å²) in [7, 11) is -1.56. The van der Waals surface area contributed by atoms with Gasteiger partial charge in [0.25, 0.3) is 0 Å². The van der Waals surface area contributed by atoms with Gasteiger partial charge in [0.2, 0.25) is 10.0 Å². The normalized spacial score (nSPS) is 19.7. The molecule has 0 bridgehead atoms. The lowest BCUT2D eigenvalue weighted by atomic mass is 9.80. The largest absolute Gasteiger partial charge is 0.313 e. The molecule has 1 unspecified atom stereocenters. The first-order chi connectivity index (χ1) is 8.86. The third-order valence-electron chi connectivity index (χ3n) is 3.94. The van der Waals surface area contributed by atoms with Crippen molar-refractivity contribution in [3.8, 4) is 0 Å². The van der Waals surface area contributed by atoms with Crippen LogP contribution in [0.2, 0.25) is 0 Å². The van der Waals surface area contributed by atoms with Crippen LogP contribution in [-0.2, 0) is 10.0 Å². The van der Waals surface area contributed by atoms with Gasteiger partial charge in [-0.1, -0.05) is 12.1 Å². The maximum absolute atomic E-state index is 12.4. The Bertz CT molecular complexity index is 550. The summed E-state index contributed by atoms with van der Waals surface area (Å²) in [6.07, 6.45) is 2.92. The van der Waals surface area contributed by atoms with E-state index in [0.717, 1.165) is 24.8 Å². The lowest BCUT2D eigenvalue weighted by Crippen LogP contribution is -2.50. The maximum Gasteiger partial charge on any atom is 0.241 e. The summed E-state index contributed by atoms with van der Waals surface area (Å²) in [5.41, 5.74) is 0.716. The number of sulfonamides is 1. The fourth-order valence-corrected chi connectivity index (χ4v) is 3.83. The van der Waals surface area contributed by atoms with E-state index in [0.29, 0.717) is 4.90 Å². The second-order valence-electron chi connectivity index (χ2n) is 5.60. The monoisotopic (exact) mass is 282 g/mol. The Balaban J connectivity index is 2.25. The molecule has 1 saturated carbocycles. The zero-order valence-corrected chi connectivity index (χ0v) is 12.5. The molecule has 106 valence electrons. The van der Waals surface area contributed by atoms with Crippen molar-refractivity contribution in [2.24, 2.45) is 0 Å². The lowest BCUT2D eigenvalue weighted by molar-refractivity contribution is 0.248. The highest BCUT2D eigenvalue weighted by Crippen LogP contribution is 2.32. The van der Waals surface area contributed by atoms with Crippen molar-refractivity contribution in [3.63, 3.8) is 0 Å². The van der Waals surface area contributed by atoms with Crippen molar-refractivity contribution in [3.05, 3.63) is 29.8 Å². The van der Waals surface area contributed by atoms with Gasteiger partial charge in [-0.25, -0.2) is 13.1 Å². The minimum Gasteiger partial charge on any atom is -0.313 e. The summed E-state index contributed by atoms with van der Waals surface area (Å²) in [6, 6.07) is 7.25. The molecule has 0 aromatic heterocycles. The molecule has 0 amide bonds.